The number of hydrogen-bond donors (Lipinski definition) is 2. The Hall–Kier alpha value is -2.98. The number of rotatable bonds is 10. The lowest BCUT2D eigenvalue weighted by Crippen LogP contribution is -2.35. The van der Waals surface area contributed by atoms with Crippen LogP contribution in [0.3, 0.4) is 0 Å². The minimum Gasteiger partial charge on any atom is -0.419 e. The van der Waals surface area contributed by atoms with Crippen molar-refractivity contribution in [3.63, 3.8) is 0 Å². The van der Waals surface area contributed by atoms with Crippen molar-refractivity contribution in [3.05, 3.63) is 53.9 Å². The zero-order valence-electron chi connectivity index (χ0n) is 20.9. The van der Waals surface area contributed by atoms with Gasteiger partial charge in [0, 0.05) is 18.7 Å². The first-order valence-electron chi connectivity index (χ1n) is 11.9. The zero-order valence-corrected chi connectivity index (χ0v) is 21.7. The van der Waals surface area contributed by atoms with Gasteiger partial charge < -0.3 is 15.5 Å². The fraction of sp³-hybridized carbons (Fsp3) is 0.480. The monoisotopic (exact) mass is 498 g/mol. The molecule has 1 aromatic carbocycles. The van der Waals surface area contributed by atoms with Crippen LogP contribution in [0.25, 0.3) is 11.5 Å². The molecule has 2 aromatic heterocycles. The van der Waals surface area contributed by atoms with Gasteiger partial charge >= 0.3 is 0 Å². The van der Waals surface area contributed by atoms with E-state index >= 15 is 0 Å². The Kier molecular flexibility index (Phi) is 6.88. The third-order valence-electron chi connectivity index (χ3n) is 6.67. The number of nitrogens with one attached hydrogen (secondary N) is 1. The highest BCUT2D eigenvalue weighted by Crippen LogP contribution is 2.42. The number of anilines is 2. The van der Waals surface area contributed by atoms with Gasteiger partial charge in [-0.2, -0.15) is 0 Å². The van der Waals surface area contributed by atoms with Crippen LogP contribution in [0, 0.1) is 11.8 Å². The maximum Gasteiger partial charge on any atom is 0.248 e. The second-order valence-electron chi connectivity index (χ2n) is 9.86. The van der Waals surface area contributed by atoms with E-state index in [2.05, 4.69) is 34.3 Å². The van der Waals surface area contributed by atoms with E-state index in [-0.39, 0.29) is 17.8 Å². The summed E-state index contributed by atoms with van der Waals surface area (Å²) in [5, 5.41) is 12.0. The van der Waals surface area contributed by atoms with Gasteiger partial charge in [-0.1, -0.05) is 44.2 Å². The summed E-state index contributed by atoms with van der Waals surface area (Å²) < 4.78 is 31.6. The minimum atomic E-state index is -3.51. The number of hydrogen-bond acceptors (Lipinski definition) is 8. The van der Waals surface area contributed by atoms with Crippen molar-refractivity contribution >= 4 is 21.7 Å². The van der Waals surface area contributed by atoms with Gasteiger partial charge in [-0.3, -0.25) is 4.31 Å². The summed E-state index contributed by atoms with van der Waals surface area (Å²) in [6.07, 6.45) is 3.78. The molecule has 0 bridgehead atoms. The molecule has 9 nitrogen and oxygen atoms in total. The number of benzene rings is 1. The van der Waals surface area contributed by atoms with E-state index in [4.69, 9.17) is 10.2 Å². The fourth-order valence-electron chi connectivity index (χ4n) is 4.32. The molecule has 1 aliphatic carbocycles. The van der Waals surface area contributed by atoms with Gasteiger partial charge in [-0.25, -0.2) is 13.4 Å². The van der Waals surface area contributed by atoms with Crippen molar-refractivity contribution in [2.45, 2.75) is 51.6 Å². The largest absolute Gasteiger partial charge is 0.419 e. The van der Waals surface area contributed by atoms with Gasteiger partial charge in [0.15, 0.2) is 0 Å². The van der Waals surface area contributed by atoms with Crippen LogP contribution in [0.1, 0.15) is 45.1 Å². The second kappa shape index (κ2) is 9.58. The summed E-state index contributed by atoms with van der Waals surface area (Å²) in [6.45, 7) is 6.22. The molecular formula is C25H34N6O3S. The summed E-state index contributed by atoms with van der Waals surface area (Å²) in [4.78, 5) is 4.58. The Labute approximate surface area is 207 Å². The Morgan fingerprint density at radius 2 is 1.94 bits per heavy atom. The summed E-state index contributed by atoms with van der Waals surface area (Å²) in [5.41, 5.74) is 7.31. The van der Waals surface area contributed by atoms with Crippen molar-refractivity contribution in [3.8, 4) is 11.5 Å². The van der Waals surface area contributed by atoms with Crippen LogP contribution in [0.2, 0.25) is 0 Å². The third kappa shape index (κ3) is 5.82. The van der Waals surface area contributed by atoms with Gasteiger partial charge in [-0.15, -0.1) is 10.2 Å². The smallest absolute Gasteiger partial charge is 0.248 e. The van der Waals surface area contributed by atoms with Crippen LogP contribution < -0.4 is 15.4 Å². The SMILES string of the molecule is CC[C@H](Nc1cc(-c2nnc([C@](C)(N)Cc3ccccc3)o2)cc(N(C)S(C)(=O)=O)n1)[C@H]1C[C@@H]1C. The Balaban J connectivity index is 1.67. The van der Waals surface area contributed by atoms with Crippen molar-refractivity contribution in [1.82, 2.24) is 15.2 Å². The molecule has 0 radical (unpaired) electrons. The van der Waals surface area contributed by atoms with E-state index in [1.807, 2.05) is 43.3 Å². The van der Waals surface area contributed by atoms with Crippen LogP contribution in [0.15, 0.2) is 46.9 Å². The van der Waals surface area contributed by atoms with Gasteiger partial charge in [0.1, 0.15) is 11.6 Å². The highest BCUT2D eigenvalue weighted by atomic mass is 32.2. The van der Waals surface area contributed by atoms with E-state index in [1.54, 1.807) is 6.07 Å². The lowest BCUT2D eigenvalue weighted by atomic mass is 9.94. The fourth-order valence-corrected chi connectivity index (χ4v) is 4.76. The van der Waals surface area contributed by atoms with Crippen LogP contribution in [0.5, 0.6) is 0 Å². The molecule has 1 aliphatic rings. The molecule has 0 spiro atoms. The molecule has 0 saturated heterocycles. The number of nitrogens with zero attached hydrogens (tertiary/aromatic N) is 4. The summed E-state index contributed by atoms with van der Waals surface area (Å²) in [6, 6.07) is 13.6. The average molecular weight is 499 g/mol. The van der Waals surface area contributed by atoms with Crippen molar-refractivity contribution in [2.75, 3.05) is 22.9 Å². The Morgan fingerprint density at radius 3 is 2.54 bits per heavy atom. The highest BCUT2D eigenvalue weighted by molar-refractivity contribution is 7.92. The molecule has 0 amide bonds. The number of sulfonamides is 1. The van der Waals surface area contributed by atoms with Gasteiger partial charge in [-0.05, 0) is 55.7 Å². The molecule has 1 fully saturated rings. The zero-order chi connectivity index (χ0) is 25.4. The Morgan fingerprint density at radius 1 is 1.26 bits per heavy atom. The maximum absolute atomic E-state index is 12.2. The van der Waals surface area contributed by atoms with Crippen molar-refractivity contribution in [2.24, 2.45) is 17.6 Å². The Bertz CT molecular complexity index is 1280. The van der Waals surface area contributed by atoms with Crippen molar-refractivity contribution < 1.29 is 12.8 Å². The lowest BCUT2D eigenvalue weighted by Gasteiger charge is -2.21. The predicted octanol–water partition coefficient (Wildman–Crippen LogP) is 3.79. The molecule has 1 saturated carbocycles. The van der Waals surface area contributed by atoms with E-state index in [0.717, 1.165) is 22.5 Å². The number of pyridine rings is 1. The topological polar surface area (TPSA) is 127 Å². The predicted molar refractivity (Wildman–Crippen MR) is 137 cm³/mol. The standard InChI is InChI=1S/C25H34N6O3S/c1-6-20(19-12-16(19)2)27-21-13-18(14-22(28-21)31(4)35(5,32)33)23-29-30-24(34-23)25(3,26)15-17-10-8-7-9-11-17/h7-11,13-14,16,19-20H,6,12,15,26H2,1-5H3,(H,27,28)/t16-,19-,20-,25+/m0/s1. The summed E-state index contributed by atoms with van der Waals surface area (Å²) in [5.74, 6) is 2.64. The van der Waals surface area contributed by atoms with E-state index in [0.29, 0.717) is 35.5 Å². The molecule has 188 valence electrons. The van der Waals surface area contributed by atoms with Crippen molar-refractivity contribution in [1.29, 1.82) is 0 Å². The highest BCUT2D eigenvalue weighted by Gasteiger charge is 2.39. The van der Waals surface area contributed by atoms with Crippen LogP contribution in [-0.4, -0.2) is 42.9 Å². The summed E-state index contributed by atoms with van der Waals surface area (Å²) in [7, 11) is -2.04. The lowest BCUT2D eigenvalue weighted by molar-refractivity contribution is 0.355. The molecule has 10 heteroatoms. The first-order valence-corrected chi connectivity index (χ1v) is 13.7. The van der Waals surface area contributed by atoms with Gasteiger partial charge in [0.05, 0.1) is 11.8 Å². The van der Waals surface area contributed by atoms with Gasteiger partial charge in [0.2, 0.25) is 21.8 Å². The molecule has 3 aromatic rings. The average Bonchev–Trinajstić information content (AvgIpc) is 3.31. The number of nitrogens with two attached hydrogens (primary N) is 1. The molecular weight excluding hydrogens is 464 g/mol. The first kappa shape index (κ1) is 25.1. The molecule has 4 atom stereocenters. The quantitative estimate of drug-likeness (QED) is 0.432. The van der Waals surface area contributed by atoms with E-state index in [1.165, 1.54) is 13.5 Å². The summed E-state index contributed by atoms with van der Waals surface area (Å²) >= 11 is 0. The second-order valence-corrected chi connectivity index (χ2v) is 11.9. The minimum absolute atomic E-state index is 0.251. The first-order chi connectivity index (χ1) is 16.5. The molecule has 0 unspecified atom stereocenters. The molecule has 2 heterocycles. The van der Waals surface area contributed by atoms with Crippen LogP contribution in [-0.2, 0) is 22.0 Å². The van der Waals surface area contributed by atoms with Crippen LogP contribution in [0.4, 0.5) is 11.6 Å². The molecule has 0 aliphatic heterocycles. The number of aromatic nitrogens is 3. The van der Waals surface area contributed by atoms with E-state index in [9.17, 15) is 8.42 Å². The molecule has 35 heavy (non-hydrogen) atoms. The van der Waals surface area contributed by atoms with E-state index < -0.39 is 15.6 Å². The normalized spacial score (nSPS) is 20.2. The molecule has 4 rings (SSSR count). The van der Waals surface area contributed by atoms with Crippen LogP contribution >= 0.6 is 0 Å². The third-order valence-corrected chi connectivity index (χ3v) is 7.85. The molecule has 3 N–H and O–H groups in total. The van der Waals surface area contributed by atoms with Gasteiger partial charge in [0.25, 0.3) is 0 Å². The maximum atomic E-state index is 12.2.